The van der Waals surface area contributed by atoms with Crippen LogP contribution in [-0.2, 0) is 0 Å². The smallest absolute Gasteiger partial charge is 0.0209 e. The van der Waals surface area contributed by atoms with Crippen molar-refractivity contribution in [2.24, 2.45) is 10.8 Å². The SMILES string of the molecule is CCCC1(CNC2CSCCC2(C)C)CC1. The lowest BCUT2D eigenvalue weighted by Crippen LogP contribution is -2.48. The van der Waals surface area contributed by atoms with Crippen LogP contribution in [0.5, 0.6) is 0 Å². The van der Waals surface area contributed by atoms with Crippen molar-refractivity contribution in [3.8, 4) is 0 Å². The van der Waals surface area contributed by atoms with Crippen LogP contribution >= 0.6 is 11.8 Å². The van der Waals surface area contributed by atoms with Crippen LogP contribution in [0.4, 0.5) is 0 Å². The molecule has 2 rings (SSSR count). The van der Waals surface area contributed by atoms with Crippen molar-refractivity contribution < 1.29 is 0 Å². The van der Waals surface area contributed by atoms with Crippen molar-refractivity contribution in [1.29, 1.82) is 0 Å². The molecule has 0 aromatic heterocycles. The lowest BCUT2D eigenvalue weighted by molar-refractivity contribution is 0.231. The summed E-state index contributed by atoms with van der Waals surface area (Å²) in [6, 6.07) is 0.737. The molecule has 0 spiro atoms. The first-order valence-corrected chi connectivity index (χ1v) is 8.05. The normalized spacial score (nSPS) is 31.3. The van der Waals surface area contributed by atoms with Gasteiger partial charge in [0.25, 0.3) is 0 Å². The van der Waals surface area contributed by atoms with E-state index in [9.17, 15) is 0 Å². The average molecular weight is 241 g/mol. The highest BCUT2D eigenvalue weighted by Crippen LogP contribution is 2.49. The summed E-state index contributed by atoms with van der Waals surface area (Å²) in [7, 11) is 0. The predicted molar refractivity (Wildman–Crippen MR) is 74.1 cm³/mol. The molecular formula is C14H27NS. The molecule has 1 saturated carbocycles. The fourth-order valence-electron chi connectivity index (χ4n) is 2.83. The van der Waals surface area contributed by atoms with Crippen LogP contribution < -0.4 is 5.32 Å². The van der Waals surface area contributed by atoms with E-state index in [0.29, 0.717) is 10.8 Å². The molecule has 1 aliphatic carbocycles. The standard InChI is InChI=1S/C14H27NS/c1-4-5-14(6-7-14)11-15-12-10-16-9-8-13(12,2)3/h12,15H,4-11H2,1-3H3. The van der Waals surface area contributed by atoms with Crippen molar-refractivity contribution >= 4 is 11.8 Å². The second kappa shape index (κ2) is 4.89. The second-order valence-electron chi connectivity index (χ2n) is 6.50. The van der Waals surface area contributed by atoms with E-state index in [-0.39, 0.29) is 0 Å². The third-order valence-corrected chi connectivity index (χ3v) is 5.64. The van der Waals surface area contributed by atoms with Crippen LogP contribution in [0.2, 0.25) is 0 Å². The quantitative estimate of drug-likeness (QED) is 0.788. The molecule has 2 fully saturated rings. The van der Waals surface area contributed by atoms with Crippen molar-refractivity contribution in [3.05, 3.63) is 0 Å². The zero-order chi connectivity index (χ0) is 11.6. The van der Waals surface area contributed by atoms with E-state index in [1.54, 1.807) is 0 Å². The maximum absolute atomic E-state index is 3.88. The lowest BCUT2D eigenvalue weighted by atomic mass is 9.82. The zero-order valence-electron chi connectivity index (χ0n) is 11.1. The van der Waals surface area contributed by atoms with Gasteiger partial charge in [-0.25, -0.2) is 0 Å². The van der Waals surface area contributed by atoms with E-state index < -0.39 is 0 Å². The Kier molecular flexibility index (Phi) is 3.90. The van der Waals surface area contributed by atoms with Crippen molar-refractivity contribution in [3.63, 3.8) is 0 Å². The maximum atomic E-state index is 3.88. The van der Waals surface area contributed by atoms with Crippen LogP contribution in [-0.4, -0.2) is 24.1 Å². The summed E-state index contributed by atoms with van der Waals surface area (Å²) in [6.45, 7) is 8.46. The Labute approximate surface area is 105 Å². The predicted octanol–water partition coefficient (Wildman–Crippen LogP) is 3.69. The molecule has 94 valence electrons. The van der Waals surface area contributed by atoms with E-state index in [1.807, 2.05) is 0 Å². The van der Waals surface area contributed by atoms with Gasteiger partial charge in [0, 0.05) is 18.3 Å². The van der Waals surface area contributed by atoms with Gasteiger partial charge in [-0.05, 0) is 42.3 Å². The van der Waals surface area contributed by atoms with Crippen molar-refractivity contribution in [1.82, 2.24) is 5.32 Å². The minimum Gasteiger partial charge on any atom is -0.312 e. The number of hydrogen-bond acceptors (Lipinski definition) is 2. The van der Waals surface area contributed by atoms with E-state index in [4.69, 9.17) is 0 Å². The third kappa shape index (κ3) is 2.95. The molecule has 2 aliphatic rings. The summed E-state index contributed by atoms with van der Waals surface area (Å²) in [4.78, 5) is 0. The van der Waals surface area contributed by atoms with Gasteiger partial charge in [0.05, 0.1) is 0 Å². The summed E-state index contributed by atoms with van der Waals surface area (Å²) in [6.07, 6.45) is 7.09. The van der Waals surface area contributed by atoms with Gasteiger partial charge < -0.3 is 5.32 Å². The molecule has 16 heavy (non-hydrogen) atoms. The van der Waals surface area contributed by atoms with Gasteiger partial charge in [-0.1, -0.05) is 27.2 Å². The highest BCUT2D eigenvalue weighted by atomic mass is 32.2. The highest BCUT2D eigenvalue weighted by molar-refractivity contribution is 7.99. The van der Waals surface area contributed by atoms with E-state index in [2.05, 4.69) is 37.8 Å². The lowest BCUT2D eigenvalue weighted by Gasteiger charge is -2.39. The van der Waals surface area contributed by atoms with Crippen LogP contribution in [0.15, 0.2) is 0 Å². The van der Waals surface area contributed by atoms with Gasteiger partial charge in [-0.2, -0.15) is 11.8 Å². The molecule has 1 heterocycles. The molecule has 0 radical (unpaired) electrons. The minimum absolute atomic E-state index is 0.507. The summed E-state index contributed by atoms with van der Waals surface area (Å²) < 4.78 is 0. The molecule has 1 N–H and O–H groups in total. The van der Waals surface area contributed by atoms with Crippen LogP contribution in [0.3, 0.4) is 0 Å². The monoisotopic (exact) mass is 241 g/mol. The number of hydrogen-bond donors (Lipinski definition) is 1. The van der Waals surface area contributed by atoms with Gasteiger partial charge in [0.15, 0.2) is 0 Å². The Balaban J connectivity index is 1.80. The molecule has 1 nitrogen and oxygen atoms in total. The van der Waals surface area contributed by atoms with Gasteiger partial charge >= 0.3 is 0 Å². The van der Waals surface area contributed by atoms with E-state index >= 15 is 0 Å². The Morgan fingerprint density at radius 3 is 2.56 bits per heavy atom. The van der Waals surface area contributed by atoms with Crippen LogP contribution in [0.25, 0.3) is 0 Å². The third-order valence-electron chi connectivity index (χ3n) is 4.58. The topological polar surface area (TPSA) is 12.0 Å². The largest absolute Gasteiger partial charge is 0.312 e. The van der Waals surface area contributed by atoms with Crippen molar-refractivity contribution in [2.45, 2.75) is 58.9 Å². The van der Waals surface area contributed by atoms with Gasteiger partial charge in [-0.15, -0.1) is 0 Å². The summed E-state index contributed by atoms with van der Waals surface area (Å²) in [5.74, 6) is 2.67. The first-order valence-electron chi connectivity index (χ1n) is 6.89. The molecule has 1 atom stereocenters. The molecule has 1 saturated heterocycles. The Morgan fingerprint density at radius 2 is 2.00 bits per heavy atom. The number of nitrogens with one attached hydrogen (secondary N) is 1. The van der Waals surface area contributed by atoms with Gasteiger partial charge in [-0.3, -0.25) is 0 Å². The number of thioether (sulfide) groups is 1. The Morgan fingerprint density at radius 1 is 1.25 bits per heavy atom. The molecule has 0 aromatic rings. The summed E-state index contributed by atoms with van der Waals surface area (Å²) in [5, 5.41) is 3.88. The molecule has 1 unspecified atom stereocenters. The average Bonchev–Trinajstić information content (AvgIpc) is 2.97. The number of rotatable bonds is 5. The molecule has 0 amide bonds. The molecule has 1 aliphatic heterocycles. The first-order chi connectivity index (χ1) is 7.58. The van der Waals surface area contributed by atoms with Crippen LogP contribution in [0.1, 0.15) is 52.9 Å². The fraction of sp³-hybridized carbons (Fsp3) is 1.00. The molecule has 0 bridgehead atoms. The molecule has 2 heteroatoms. The zero-order valence-corrected chi connectivity index (χ0v) is 12.0. The first kappa shape index (κ1) is 12.8. The summed E-state index contributed by atoms with van der Waals surface area (Å²) >= 11 is 2.13. The van der Waals surface area contributed by atoms with Crippen LogP contribution in [0, 0.1) is 10.8 Å². The second-order valence-corrected chi connectivity index (χ2v) is 7.65. The van der Waals surface area contributed by atoms with Gasteiger partial charge in [0.2, 0.25) is 0 Å². The van der Waals surface area contributed by atoms with Gasteiger partial charge in [0.1, 0.15) is 0 Å². The Hall–Kier alpha value is 0.310. The van der Waals surface area contributed by atoms with Crippen molar-refractivity contribution in [2.75, 3.05) is 18.1 Å². The highest BCUT2D eigenvalue weighted by Gasteiger charge is 2.42. The fourth-order valence-corrected chi connectivity index (χ4v) is 4.48. The maximum Gasteiger partial charge on any atom is 0.0209 e. The minimum atomic E-state index is 0.507. The van der Waals surface area contributed by atoms with E-state index in [0.717, 1.165) is 6.04 Å². The molecular weight excluding hydrogens is 214 g/mol. The summed E-state index contributed by atoms with van der Waals surface area (Å²) in [5.41, 5.74) is 1.21. The van der Waals surface area contributed by atoms with E-state index in [1.165, 1.54) is 50.2 Å². The molecule has 0 aromatic carbocycles. The Bertz CT molecular complexity index is 233.